The van der Waals surface area contributed by atoms with Crippen LogP contribution in [0.15, 0.2) is 29.6 Å². The Balaban J connectivity index is 2.15. The molecule has 0 N–H and O–H groups in total. The van der Waals surface area contributed by atoms with Gasteiger partial charge in [0.1, 0.15) is 5.01 Å². The maximum absolute atomic E-state index is 11.6. The Labute approximate surface area is 118 Å². The van der Waals surface area contributed by atoms with E-state index < -0.39 is 0 Å². The highest BCUT2D eigenvalue weighted by molar-refractivity contribution is 7.19. The fourth-order valence-electron chi connectivity index (χ4n) is 1.94. The van der Waals surface area contributed by atoms with Gasteiger partial charge in [-0.2, -0.15) is 0 Å². The average Bonchev–Trinajstić information content (AvgIpc) is 3.01. The summed E-state index contributed by atoms with van der Waals surface area (Å²) in [6, 6.07) is 8.21. The molecule has 0 radical (unpaired) electrons. The number of esters is 1. The summed E-state index contributed by atoms with van der Waals surface area (Å²) in [5.74, 6) is -0.375. The Morgan fingerprint density at radius 2 is 2.11 bits per heavy atom. The van der Waals surface area contributed by atoms with Crippen LogP contribution in [-0.2, 0) is 4.74 Å². The molecule has 0 saturated heterocycles. The van der Waals surface area contributed by atoms with E-state index in [1.165, 1.54) is 28.5 Å². The van der Waals surface area contributed by atoms with Gasteiger partial charge in [0, 0.05) is 25.9 Å². The highest BCUT2D eigenvalue weighted by atomic mass is 32.1. The summed E-state index contributed by atoms with van der Waals surface area (Å²) in [5.41, 5.74) is 1.50. The largest absolute Gasteiger partial charge is 0.464 e. The number of nitrogens with zero attached hydrogens (tertiary/aromatic N) is 1. The minimum Gasteiger partial charge on any atom is -0.464 e. The summed E-state index contributed by atoms with van der Waals surface area (Å²) in [6.07, 6.45) is 0. The maximum atomic E-state index is 11.6. The van der Waals surface area contributed by atoms with Crippen LogP contribution in [0, 0.1) is 6.92 Å². The summed E-state index contributed by atoms with van der Waals surface area (Å²) < 4.78 is 5.97. The van der Waals surface area contributed by atoms with E-state index in [1.807, 2.05) is 19.1 Å². The van der Waals surface area contributed by atoms with Gasteiger partial charge in [-0.15, -0.1) is 22.7 Å². The van der Waals surface area contributed by atoms with Gasteiger partial charge in [-0.25, -0.2) is 9.78 Å². The van der Waals surface area contributed by atoms with Crippen molar-refractivity contribution in [3.8, 4) is 10.6 Å². The third kappa shape index (κ3) is 2.05. The van der Waals surface area contributed by atoms with E-state index in [-0.39, 0.29) is 5.97 Å². The van der Waals surface area contributed by atoms with E-state index >= 15 is 0 Å². The van der Waals surface area contributed by atoms with Crippen molar-refractivity contribution in [3.63, 3.8) is 0 Å². The standard InChI is InChI=1S/C14H11NO2S2/c1-8-12(14(16)17-2)15-13(19-8)10-7-18-11-6-4-3-5-9(10)11/h3-7H,1-2H3. The SMILES string of the molecule is COC(=O)c1nc(-c2csc3ccccc23)sc1C. The van der Waals surface area contributed by atoms with Gasteiger partial charge < -0.3 is 4.74 Å². The number of thiophene rings is 1. The second kappa shape index (κ2) is 4.75. The predicted octanol–water partition coefficient (Wildman–Crippen LogP) is 4.12. The first-order chi connectivity index (χ1) is 9.20. The molecule has 3 rings (SSSR count). The van der Waals surface area contributed by atoms with Crippen LogP contribution in [0.1, 0.15) is 15.4 Å². The van der Waals surface area contributed by atoms with Crippen molar-refractivity contribution in [1.82, 2.24) is 4.98 Å². The van der Waals surface area contributed by atoms with Crippen molar-refractivity contribution in [2.24, 2.45) is 0 Å². The number of hydrogen-bond acceptors (Lipinski definition) is 5. The van der Waals surface area contributed by atoms with Gasteiger partial charge in [0.25, 0.3) is 0 Å². The number of aromatic nitrogens is 1. The summed E-state index contributed by atoms with van der Waals surface area (Å²) in [7, 11) is 1.38. The summed E-state index contributed by atoms with van der Waals surface area (Å²) in [6.45, 7) is 1.89. The van der Waals surface area contributed by atoms with Crippen LogP contribution in [0.4, 0.5) is 0 Å². The lowest BCUT2D eigenvalue weighted by atomic mass is 10.2. The third-order valence-corrected chi connectivity index (χ3v) is 4.85. The number of methoxy groups -OCH3 is 1. The highest BCUT2D eigenvalue weighted by Gasteiger charge is 2.18. The predicted molar refractivity (Wildman–Crippen MR) is 79.0 cm³/mol. The van der Waals surface area contributed by atoms with Crippen molar-refractivity contribution >= 4 is 38.7 Å². The number of fused-ring (bicyclic) bond motifs is 1. The molecule has 0 bridgehead atoms. The molecule has 96 valence electrons. The molecule has 5 heteroatoms. The highest BCUT2D eigenvalue weighted by Crippen LogP contribution is 2.36. The Kier molecular flexibility index (Phi) is 3.08. The molecule has 19 heavy (non-hydrogen) atoms. The molecule has 0 amide bonds. The Bertz CT molecular complexity index is 758. The molecule has 0 spiro atoms. The number of thiazole rings is 1. The number of rotatable bonds is 2. The summed E-state index contributed by atoms with van der Waals surface area (Å²) >= 11 is 3.21. The molecular weight excluding hydrogens is 278 g/mol. The molecule has 3 aromatic rings. The number of aryl methyl sites for hydroxylation is 1. The number of hydrogen-bond donors (Lipinski definition) is 0. The van der Waals surface area contributed by atoms with Crippen molar-refractivity contribution in [2.75, 3.05) is 7.11 Å². The fourth-order valence-corrected chi connectivity index (χ4v) is 3.89. The molecule has 1 aromatic carbocycles. The monoisotopic (exact) mass is 289 g/mol. The molecule has 0 fully saturated rings. The van der Waals surface area contributed by atoms with Gasteiger partial charge in [0.15, 0.2) is 5.69 Å². The Hall–Kier alpha value is -1.72. The molecule has 0 aliphatic carbocycles. The quantitative estimate of drug-likeness (QED) is 0.666. The molecular formula is C14H11NO2S2. The third-order valence-electron chi connectivity index (χ3n) is 2.89. The molecule has 3 nitrogen and oxygen atoms in total. The van der Waals surface area contributed by atoms with Crippen molar-refractivity contribution in [1.29, 1.82) is 0 Å². The van der Waals surface area contributed by atoms with Gasteiger partial charge >= 0.3 is 5.97 Å². The lowest BCUT2D eigenvalue weighted by Gasteiger charge is -1.94. The zero-order chi connectivity index (χ0) is 13.4. The number of carbonyl (C=O) groups is 1. The van der Waals surface area contributed by atoms with Gasteiger partial charge in [0.05, 0.1) is 7.11 Å². The minimum absolute atomic E-state index is 0.375. The molecule has 0 atom stereocenters. The minimum atomic E-state index is -0.375. The molecule has 0 unspecified atom stereocenters. The summed E-state index contributed by atoms with van der Waals surface area (Å²) in [5, 5.41) is 4.14. The molecule has 0 aliphatic rings. The number of carbonyl (C=O) groups excluding carboxylic acids is 1. The van der Waals surface area contributed by atoms with Crippen molar-refractivity contribution in [3.05, 3.63) is 40.2 Å². The first kappa shape index (κ1) is 12.3. The second-order valence-corrected chi connectivity index (χ2v) is 6.18. The zero-order valence-electron chi connectivity index (χ0n) is 10.5. The first-order valence-corrected chi connectivity index (χ1v) is 7.42. The fraction of sp³-hybridized carbons (Fsp3) is 0.143. The van der Waals surface area contributed by atoms with E-state index in [0.717, 1.165) is 15.4 Å². The van der Waals surface area contributed by atoms with Gasteiger partial charge in [-0.3, -0.25) is 0 Å². The lowest BCUT2D eigenvalue weighted by Crippen LogP contribution is -2.03. The van der Waals surface area contributed by atoms with Gasteiger partial charge in [-0.1, -0.05) is 18.2 Å². The molecule has 2 aromatic heterocycles. The second-order valence-electron chi connectivity index (χ2n) is 4.06. The van der Waals surface area contributed by atoms with Crippen LogP contribution in [0.2, 0.25) is 0 Å². The van der Waals surface area contributed by atoms with Crippen molar-refractivity contribution < 1.29 is 9.53 Å². The van der Waals surface area contributed by atoms with Crippen LogP contribution in [0.25, 0.3) is 20.7 Å². The molecule has 0 aliphatic heterocycles. The smallest absolute Gasteiger partial charge is 0.357 e. The van der Waals surface area contributed by atoms with Crippen LogP contribution in [-0.4, -0.2) is 18.1 Å². The zero-order valence-corrected chi connectivity index (χ0v) is 12.1. The first-order valence-electron chi connectivity index (χ1n) is 5.73. The van der Waals surface area contributed by atoms with E-state index in [4.69, 9.17) is 4.74 Å². The van der Waals surface area contributed by atoms with Crippen molar-refractivity contribution in [2.45, 2.75) is 6.92 Å². The van der Waals surface area contributed by atoms with E-state index in [9.17, 15) is 4.79 Å². The van der Waals surface area contributed by atoms with E-state index in [1.54, 1.807) is 11.3 Å². The van der Waals surface area contributed by atoms with Crippen LogP contribution >= 0.6 is 22.7 Å². The van der Waals surface area contributed by atoms with Crippen LogP contribution in [0.3, 0.4) is 0 Å². The topological polar surface area (TPSA) is 39.2 Å². The molecule has 2 heterocycles. The lowest BCUT2D eigenvalue weighted by molar-refractivity contribution is 0.0594. The maximum Gasteiger partial charge on any atom is 0.357 e. The Morgan fingerprint density at radius 3 is 2.89 bits per heavy atom. The number of benzene rings is 1. The van der Waals surface area contributed by atoms with E-state index in [0.29, 0.717) is 5.69 Å². The van der Waals surface area contributed by atoms with Gasteiger partial charge in [0.2, 0.25) is 0 Å². The number of ether oxygens (including phenoxy) is 1. The normalized spacial score (nSPS) is 10.8. The van der Waals surface area contributed by atoms with Gasteiger partial charge in [-0.05, 0) is 13.0 Å². The average molecular weight is 289 g/mol. The summed E-state index contributed by atoms with van der Waals surface area (Å²) in [4.78, 5) is 16.9. The van der Waals surface area contributed by atoms with E-state index in [2.05, 4.69) is 22.5 Å². The van der Waals surface area contributed by atoms with Crippen LogP contribution < -0.4 is 0 Å². The van der Waals surface area contributed by atoms with Crippen LogP contribution in [0.5, 0.6) is 0 Å². The molecule has 0 saturated carbocycles. The Morgan fingerprint density at radius 1 is 1.32 bits per heavy atom.